The first-order chi connectivity index (χ1) is 19.4. The molecule has 6 rings (SSSR count). The van der Waals surface area contributed by atoms with E-state index in [1.54, 1.807) is 6.07 Å². The minimum absolute atomic E-state index is 0.0424. The van der Waals surface area contributed by atoms with Crippen LogP contribution in [0.4, 0.5) is 17.4 Å². The number of anilines is 3. The van der Waals surface area contributed by atoms with Gasteiger partial charge in [0.2, 0.25) is 6.17 Å². The highest BCUT2D eigenvalue weighted by molar-refractivity contribution is 7.90. The zero-order chi connectivity index (χ0) is 27.7. The normalized spacial score (nSPS) is 17.4. The van der Waals surface area contributed by atoms with Crippen LogP contribution in [-0.2, 0) is 19.4 Å². The largest absolute Gasteiger partial charge is 0.402 e. The standard InChI is InChI=1S/C27H25N7O5S/c1-40(36,37)18-15-21(34-11-13-38-14-12-34)23(28-16-18)26-32-33-27(39-26)31-24-25(35)29-20-10-6-5-9-19(20)22(30-24)17-7-3-2-4-8-17/h2-10,15-16,24H,11-14H2,1H3,(H,29,35)(H,31,33). The maximum Gasteiger partial charge on any atom is 0.317 e. The molecule has 2 N–H and O–H groups in total. The van der Waals surface area contributed by atoms with Gasteiger partial charge < -0.3 is 24.7 Å². The lowest BCUT2D eigenvalue weighted by molar-refractivity contribution is -0.116. The molecule has 0 radical (unpaired) electrons. The molecule has 1 unspecified atom stereocenters. The van der Waals surface area contributed by atoms with Crippen molar-refractivity contribution in [2.75, 3.05) is 48.1 Å². The number of rotatable bonds is 6. The number of carbonyl (C=O) groups excluding carboxylic acids is 1. The summed E-state index contributed by atoms with van der Waals surface area (Å²) in [6, 6.07) is 18.5. The van der Waals surface area contributed by atoms with Gasteiger partial charge in [-0.3, -0.25) is 4.79 Å². The number of benzodiazepines with no additional fused rings is 1. The van der Waals surface area contributed by atoms with Crippen molar-refractivity contribution in [2.45, 2.75) is 11.1 Å². The molecule has 2 aliphatic heterocycles. The molecule has 1 atom stereocenters. The first-order valence-electron chi connectivity index (χ1n) is 12.5. The molecule has 1 saturated heterocycles. The van der Waals surface area contributed by atoms with Crippen LogP contribution in [0.2, 0.25) is 0 Å². The number of carbonyl (C=O) groups is 1. The Kier molecular flexibility index (Phi) is 6.74. The molecule has 2 aromatic heterocycles. The van der Waals surface area contributed by atoms with E-state index < -0.39 is 21.9 Å². The first kappa shape index (κ1) is 25.6. The van der Waals surface area contributed by atoms with Gasteiger partial charge in [0.25, 0.3) is 11.8 Å². The molecule has 4 aromatic rings. The van der Waals surface area contributed by atoms with Crippen molar-refractivity contribution in [2.24, 2.45) is 4.99 Å². The Morgan fingerprint density at radius 3 is 2.55 bits per heavy atom. The Balaban J connectivity index is 1.34. The number of nitrogens with one attached hydrogen (secondary N) is 2. The van der Waals surface area contributed by atoms with Gasteiger partial charge in [0, 0.05) is 36.7 Å². The number of pyridine rings is 1. The number of para-hydroxylation sites is 1. The SMILES string of the molecule is CS(=O)(=O)c1cnc(-c2nnc(NC3N=C(c4ccccc4)c4ccccc4NC3=O)o2)c(N2CCOCC2)c1. The predicted octanol–water partition coefficient (Wildman–Crippen LogP) is 2.60. The molecule has 0 saturated carbocycles. The second-order valence-corrected chi connectivity index (χ2v) is 11.3. The molecule has 1 fully saturated rings. The molecule has 13 heteroatoms. The number of hydrogen-bond donors (Lipinski definition) is 2. The van der Waals surface area contributed by atoms with Crippen molar-refractivity contribution in [3.63, 3.8) is 0 Å². The van der Waals surface area contributed by atoms with Crippen LogP contribution in [0.1, 0.15) is 11.1 Å². The van der Waals surface area contributed by atoms with Gasteiger partial charge in [-0.2, -0.15) is 0 Å². The second-order valence-electron chi connectivity index (χ2n) is 9.25. The lowest BCUT2D eigenvalue weighted by atomic mass is 10.0. The Morgan fingerprint density at radius 1 is 1.02 bits per heavy atom. The molecule has 12 nitrogen and oxygen atoms in total. The number of ether oxygens (including phenoxy) is 1. The van der Waals surface area contributed by atoms with Gasteiger partial charge >= 0.3 is 6.01 Å². The maximum atomic E-state index is 13.2. The molecule has 0 bridgehead atoms. The second kappa shape index (κ2) is 10.5. The summed E-state index contributed by atoms with van der Waals surface area (Å²) >= 11 is 0. The summed E-state index contributed by atoms with van der Waals surface area (Å²) in [6.07, 6.45) is 1.32. The minimum Gasteiger partial charge on any atom is -0.402 e. The molecule has 40 heavy (non-hydrogen) atoms. The van der Waals surface area contributed by atoms with E-state index in [1.165, 1.54) is 6.20 Å². The Bertz CT molecular complexity index is 1700. The molecule has 4 heterocycles. The van der Waals surface area contributed by atoms with Crippen LogP contribution in [0.3, 0.4) is 0 Å². The van der Waals surface area contributed by atoms with Gasteiger partial charge in [0.15, 0.2) is 15.5 Å². The summed E-state index contributed by atoms with van der Waals surface area (Å²) in [6.45, 7) is 2.06. The number of amides is 1. The van der Waals surface area contributed by atoms with Gasteiger partial charge in [-0.1, -0.05) is 53.6 Å². The number of aliphatic imine (C=N–C) groups is 1. The molecule has 204 valence electrons. The lowest BCUT2D eigenvalue weighted by Crippen LogP contribution is -2.36. The quantitative estimate of drug-likeness (QED) is 0.361. The fourth-order valence-corrected chi connectivity index (χ4v) is 5.09. The predicted molar refractivity (Wildman–Crippen MR) is 148 cm³/mol. The third-order valence-corrected chi connectivity index (χ3v) is 7.58. The fourth-order valence-electron chi connectivity index (χ4n) is 4.52. The maximum absolute atomic E-state index is 13.2. The van der Waals surface area contributed by atoms with E-state index in [0.717, 1.165) is 17.4 Å². The summed E-state index contributed by atoms with van der Waals surface area (Å²) in [5.74, 6) is -0.337. The highest BCUT2D eigenvalue weighted by Gasteiger charge is 2.28. The van der Waals surface area contributed by atoms with Crippen molar-refractivity contribution in [3.8, 4) is 11.6 Å². The summed E-state index contributed by atoms with van der Waals surface area (Å²) in [7, 11) is -3.50. The first-order valence-corrected chi connectivity index (χ1v) is 14.4. The molecular weight excluding hydrogens is 534 g/mol. The molecule has 0 aliphatic carbocycles. The summed E-state index contributed by atoms with van der Waals surface area (Å²) < 4.78 is 35.8. The van der Waals surface area contributed by atoms with E-state index in [0.29, 0.717) is 49.1 Å². The smallest absolute Gasteiger partial charge is 0.317 e. The molecule has 1 amide bonds. The van der Waals surface area contributed by atoms with Crippen LogP contribution in [0.5, 0.6) is 0 Å². The molecule has 2 aromatic carbocycles. The van der Waals surface area contributed by atoms with Gasteiger partial charge in [-0.25, -0.2) is 18.4 Å². The van der Waals surface area contributed by atoms with Crippen LogP contribution < -0.4 is 15.5 Å². The Labute approximate surface area is 230 Å². The van der Waals surface area contributed by atoms with Gasteiger partial charge in [0.05, 0.1) is 35.2 Å². The van der Waals surface area contributed by atoms with Crippen LogP contribution in [0.15, 0.2) is 81.2 Å². The van der Waals surface area contributed by atoms with Crippen molar-refractivity contribution in [1.29, 1.82) is 0 Å². The highest BCUT2D eigenvalue weighted by Crippen LogP contribution is 2.32. The van der Waals surface area contributed by atoms with Gasteiger partial charge in [-0.15, -0.1) is 5.10 Å². The zero-order valence-electron chi connectivity index (χ0n) is 21.4. The third kappa shape index (κ3) is 5.16. The number of morpholine rings is 1. The van der Waals surface area contributed by atoms with Gasteiger partial charge in [0.1, 0.15) is 0 Å². The molecular formula is C27H25N7O5S. The topological polar surface area (TPSA) is 152 Å². The summed E-state index contributed by atoms with van der Waals surface area (Å²) in [5, 5.41) is 14.1. The van der Waals surface area contributed by atoms with Crippen LogP contribution in [-0.4, -0.2) is 73.9 Å². The third-order valence-electron chi connectivity index (χ3n) is 6.50. The number of benzene rings is 2. The van der Waals surface area contributed by atoms with Crippen LogP contribution in [0, 0.1) is 0 Å². The average molecular weight is 560 g/mol. The van der Waals surface area contributed by atoms with Gasteiger partial charge in [-0.05, 0) is 12.1 Å². The van der Waals surface area contributed by atoms with E-state index in [4.69, 9.17) is 14.1 Å². The Hall–Kier alpha value is -4.62. The highest BCUT2D eigenvalue weighted by atomic mass is 32.2. The average Bonchev–Trinajstić information content (AvgIpc) is 3.38. The van der Waals surface area contributed by atoms with Crippen molar-refractivity contribution >= 4 is 38.8 Å². The van der Waals surface area contributed by atoms with Crippen molar-refractivity contribution in [3.05, 3.63) is 78.0 Å². The molecule has 0 spiro atoms. The van der Waals surface area contributed by atoms with Crippen LogP contribution in [0.25, 0.3) is 11.6 Å². The lowest BCUT2D eigenvalue weighted by Gasteiger charge is -2.29. The van der Waals surface area contributed by atoms with Crippen LogP contribution >= 0.6 is 0 Å². The van der Waals surface area contributed by atoms with E-state index in [2.05, 4.69) is 25.8 Å². The van der Waals surface area contributed by atoms with E-state index >= 15 is 0 Å². The monoisotopic (exact) mass is 559 g/mol. The van der Waals surface area contributed by atoms with E-state index in [1.807, 2.05) is 59.5 Å². The summed E-state index contributed by atoms with van der Waals surface area (Å²) in [5.41, 5.74) is 3.74. The van der Waals surface area contributed by atoms with E-state index in [-0.39, 0.29) is 16.8 Å². The fraction of sp³-hybridized carbons (Fsp3) is 0.222. The number of hydrogen-bond acceptors (Lipinski definition) is 11. The summed E-state index contributed by atoms with van der Waals surface area (Å²) in [4.78, 5) is 24.3. The molecule has 2 aliphatic rings. The van der Waals surface area contributed by atoms with Crippen molar-refractivity contribution in [1.82, 2.24) is 15.2 Å². The van der Waals surface area contributed by atoms with E-state index in [9.17, 15) is 13.2 Å². The minimum atomic E-state index is -3.50. The number of fused-ring (bicyclic) bond motifs is 1. The Morgan fingerprint density at radius 2 is 1.77 bits per heavy atom. The van der Waals surface area contributed by atoms with Crippen molar-refractivity contribution < 1.29 is 22.4 Å². The number of nitrogens with zero attached hydrogens (tertiary/aromatic N) is 5. The number of aromatic nitrogens is 3. The number of sulfone groups is 1. The zero-order valence-corrected chi connectivity index (χ0v) is 22.3.